The van der Waals surface area contributed by atoms with Gasteiger partial charge in [-0.15, -0.1) is 0 Å². The Balaban J connectivity index is 1.65. The predicted octanol–water partition coefficient (Wildman–Crippen LogP) is 4.05. The molecule has 22 heavy (non-hydrogen) atoms. The molecule has 0 saturated carbocycles. The summed E-state index contributed by atoms with van der Waals surface area (Å²) < 4.78 is 0. The van der Waals surface area contributed by atoms with Crippen LogP contribution >= 0.6 is 0 Å². The maximum Gasteiger partial charge on any atom is 0.0210 e. The van der Waals surface area contributed by atoms with Crippen LogP contribution in [0.5, 0.6) is 0 Å². The van der Waals surface area contributed by atoms with Gasteiger partial charge in [-0.3, -0.25) is 0 Å². The van der Waals surface area contributed by atoms with Gasteiger partial charge in [0.1, 0.15) is 0 Å². The highest BCUT2D eigenvalue weighted by Gasteiger charge is 2.22. The topological polar surface area (TPSA) is 0 Å². The van der Waals surface area contributed by atoms with E-state index in [1.807, 2.05) is 0 Å². The van der Waals surface area contributed by atoms with Crippen LogP contribution in [0.3, 0.4) is 0 Å². The van der Waals surface area contributed by atoms with Gasteiger partial charge in [0.15, 0.2) is 0 Å². The molecule has 0 bridgehead atoms. The SMILES string of the molecule is CC1=CC2C=CC=CC2=C1CCC1=c2ccccc2=CC1C. The van der Waals surface area contributed by atoms with Gasteiger partial charge >= 0.3 is 0 Å². The van der Waals surface area contributed by atoms with Crippen molar-refractivity contribution < 1.29 is 0 Å². The van der Waals surface area contributed by atoms with E-state index in [9.17, 15) is 0 Å². The summed E-state index contributed by atoms with van der Waals surface area (Å²) in [4.78, 5) is 0. The standard InChI is InChI=1S/C22H22/c1-15-13-17-7-3-5-9-21(17)19(15)11-12-20-16(2)14-18-8-4-6-10-22(18)20/h3-10,13-15,18H,11-12H2,1-2H3. The van der Waals surface area contributed by atoms with Gasteiger partial charge in [-0.25, -0.2) is 0 Å². The summed E-state index contributed by atoms with van der Waals surface area (Å²) in [5.41, 5.74) is 6.16. The van der Waals surface area contributed by atoms with Crippen molar-refractivity contribution in [2.24, 2.45) is 11.8 Å². The molecule has 0 heterocycles. The van der Waals surface area contributed by atoms with E-state index in [0.717, 1.165) is 6.42 Å². The number of hydrogen-bond donors (Lipinski definition) is 0. The molecule has 1 aromatic carbocycles. The van der Waals surface area contributed by atoms with Gasteiger partial charge in [-0.1, -0.05) is 78.8 Å². The molecular weight excluding hydrogens is 264 g/mol. The number of rotatable bonds is 3. The minimum Gasteiger partial charge on any atom is -0.0732 e. The lowest BCUT2D eigenvalue weighted by Crippen LogP contribution is -2.21. The minimum atomic E-state index is 0.518. The van der Waals surface area contributed by atoms with Gasteiger partial charge in [-0.2, -0.15) is 0 Å². The second kappa shape index (κ2) is 5.28. The Labute approximate surface area is 132 Å². The minimum absolute atomic E-state index is 0.518. The van der Waals surface area contributed by atoms with Crippen LogP contribution in [0.15, 0.2) is 71.4 Å². The zero-order valence-corrected chi connectivity index (χ0v) is 13.3. The Hall–Kier alpha value is -2.08. The Kier molecular flexibility index (Phi) is 3.26. The van der Waals surface area contributed by atoms with Crippen molar-refractivity contribution in [2.45, 2.75) is 26.7 Å². The van der Waals surface area contributed by atoms with Crippen LogP contribution in [0.2, 0.25) is 0 Å². The fourth-order valence-electron chi connectivity index (χ4n) is 4.12. The third kappa shape index (κ3) is 2.14. The molecule has 0 radical (unpaired) electrons. The molecule has 0 fully saturated rings. The highest BCUT2D eigenvalue weighted by atomic mass is 14.3. The van der Waals surface area contributed by atoms with Crippen molar-refractivity contribution in [2.75, 3.05) is 0 Å². The molecular formula is C22H22. The lowest BCUT2D eigenvalue weighted by Gasteiger charge is -2.14. The van der Waals surface area contributed by atoms with Crippen molar-refractivity contribution in [1.82, 2.24) is 0 Å². The first-order chi connectivity index (χ1) is 10.7. The number of benzene rings is 1. The molecule has 2 unspecified atom stereocenters. The van der Waals surface area contributed by atoms with Crippen molar-refractivity contribution in [3.63, 3.8) is 0 Å². The summed E-state index contributed by atoms with van der Waals surface area (Å²) in [7, 11) is 0. The summed E-state index contributed by atoms with van der Waals surface area (Å²) in [5.74, 6) is 1.09. The molecule has 0 saturated heterocycles. The van der Waals surface area contributed by atoms with Crippen molar-refractivity contribution >= 4 is 11.6 Å². The summed E-state index contributed by atoms with van der Waals surface area (Å²) in [6, 6.07) is 8.83. The van der Waals surface area contributed by atoms with Gasteiger partial charge in [0.25, 0.3) is 0 Å². The lowest BCUT2D eigenvalue weighted by molar-refractivity contribution is 0.892. The zero-order valence-electron chi connectivity index (χ0n) is 13.3. The van der Waals surface area contributed by atoms with E-state index in [4.69, 9.17) is 0 Å². The smallest absolute Gasteiger partial charge is 0.0210 e. The molecule has 0 N–H and O–H groups in total. The summed E-state index contributed by atoms with van der Waals surface area (Å²) in [5, 5.41) is 2.88. The largest absolute Gasteiger partial charge is 0.0732 e. The first kappa shape index (κ1) is 13.6. The Morgan fingerprint density at radius 3 is 2.77 bits per heavy atom. The molecule has 2 atom stereocenters. The van der Waals surface area contributed by atoms with Gasteiger partial charge in [-0.05, 0) is 47.3 Å². The van der Waals surface area contributed by atoms with E-state index >= 15 is 0 Å². The van der Waals surface area contributed by atoms with Gasteiger partial charge in [0, 0.05) is 5.92 Å². The van der Waals surface area contributed by atoms with Crippen LogP contribution in [0.1, 0.15) is 26.7 Å². The lowest BCUT2D eigenvalue weighted by atomic mass is 9.91. The Morgan fingerprint density at radius 1 is 1.00 bits per heavy atom. The Morgan fingerprint density at radius 2 is 1.86 bits per heavy atom. The first-order valence-corrected chi connectivity index (χ1v) is 8.31. The quantitative estimate of drug-likeness (QED) is 0.786. The maximum absolute atomic E-state index is 2.41. The number of hydrogen-bond acceptors (Lipinski definition) is 0. The molecule has 0 spiro atoms. The van der Waals surface area contributed by atoms with Crippen LogP contribution in [0.4, 0.5) is 0 Å². The molecule has 1 aromatic rings. The summed E-state index contributed by atoms with van der Waals surface area (Å²) >= 11 is 0. The molecule has 0 heteroatoms. The maximum atomic E-state index is 2.41. The average Bonchev–Trinajstić information content (AvgIpc) is 3.01. The number of fused-ring (bicyclic) bond motifs is 2. The molecule has 0 aromatic heterocycles. The second-order valence-corrected chi connectivity index (χ2v) is 6.62. The van der Waals surface area contributed by atoms with Crippen LogP contribution in [-0.4, -0.2) is 0 Å². The van der Waals surface area contributed by atoms with E-state index in [1.165, 1.54) is 28.0 Å². The van der Waals surface area contributed by atoms with Crippen LogP contribution in [0.25, 0.3) is 11.6 Å². The van der Waals surface area contributed by atoms with E-state index in [1.54, 1.807) is 11.1 Å². The highest BCUT2D eigenvalue weighted by Crippen LogP contribution is 2.38. The second-order valence-electron chi connectivity index (χ2n) is 6.62. The van der Waals surface area contributed by atoms with E-state index in [0.29, 0.717) is 11.8 Å². The normalized spacial score (nSPS) is 25.2. The predicted molar refractivity (Wildman–Crippen MR) is 94.5 cm³/mol. The van der Waals surface area contributed by atoms with Crippen molar-refractivity contribution in [3.05, 3.63) is 81.8 Å². The summed E-state index contributed by atoms with van der Waals surface area (Å²) in [6.07, 6.45) is 16.1. The monoisotopic (exact) mass is 286 g/mol. The Bertz CT molecular complexity index is 856. The molecule has 3 aliphatic rings. The molecule has 0 amide bonds. The molecule has 0 nitrogen and oxygen atoms in total. The van der Waals surface area contributed by atoms with Crippen LogP contribution in [-0.2, 0) is 0 Å². The van der Waals surface area contributed by atoms with Crippen molar-refractivity contribution in [1.29, 1.82) is 0 Å². The van der Waals surface area contributed by atoms with Crippen LogP contribution < -0.4 is 10.4 Å². The molecule has 3 aliphatic carbocycles. The van der Waals surface area contributed by atoms with Crippen LogP contribution in [0, 0.1) is 11.8 Å². The third-order valence-corrected chi connectivity index (χ3v) is 5.25. The first-order valence-electron chi connectivity index (χ1n) is 8.31. The summed E-state index contributed by atoms with van der Waals surface area (Å²) in [6.45, 7) is 4.60. The third-order valence-electron chi connectivity index (χ3n) is 5.25. The zero-order chi connectivity index (χ0) is 15.1. The van der Waals surface area contributed by atoms with E-state index < -0.39 is 0 Å². The average molecular weight is 286 g/mol. The fraction of sp³-hybridized carbons (Fsp3) is 0.273. The van der Waals surface area contributed by atoms with Gasteiger partial charge in [0.05, 0.1) is 0 Å². The van der Waals surface area contributed by atoms with E-state index in [2.05, 4.69) is 74.6 Å². The van der Waals surface area contributed by atoms with Crippen molar-refractivity contribution in [3.8, 4) is 0 Å². The molecule has 0 aliphatic heterocycles. The molecule has 4 rings (SSSR count). The molecule has 110 valence electrons. The fourth-order valence-corrected chi connectivity index (χ4v) is 4.12. The highest BCUT2D eigenvalue weighted by molar-refractivity contribution is 5.63. The van der Waals surface area contributed by atoms with E-state index in [-0.39, 0.29) is 0 Å². The number of allylic oxidation sites excluding steroid dienone is 8. The van der Waals surface area contributed by atoms with Gasteiger partial charge in [0.2, 0.25) is 0 Å². The van der Waals surface area contributed by atoms with Gasteiger partial charge < -0.3 is 0 Å².